The summed E-state index contributed by atoms with van der Waals surface area (Å²) in [5.41, 5.74) is 0.953. The smallest absolute Gasteiger partial charge is 0.363 e. The molecule has 0 amide bonds. The second-order valence-corrected chi connectivity index (χ2v) is 7.56. The number of halogens is 2. The maximum Gasteiger partial charge on any atom is 0.363 e. The third-order valence-electron chi connectivity index (χ3n) is 3.92. The average Bonchev–Trinajstić information content (AvgIpc) is 3.17. The SMILES string of the molecule is CCOc1ccccc1/C=C1\N=C(c2sc3cc(Cl)ccc3c2Cl)OC1=O. The third kappa shape index (κ3) is 3.46. The van der Waals surface area contributed by atoms with Crippen LogP contribution in [0.1, 0.15) is 17.4 Å². The second kappa shape index (κ2) is 7.35. The maximum atomic E-state index is 12.3. The Hall–Kier alpha value is -2.34. The fourth-order valence-corrected chi connectivity index (χ4v) is 4.43. The van der Waals surface area contributed by atoms with Crippen molar-refractivity contribution >= 4 is 62.6 Å². The molecule has 0 radical (unpaired) electrons. The Morgan fingerprint density at radius 3 is 2.85 bits per heavy atom. The number of fused-ring (bicyclic) bond motifs is 1. The molecule has 0 N–H and O–H groups in total. The Balaban J connectivity index is 1.75. The van der Waals surface area contributed by atoms with Gasteiger partial charge in [0.05, 0.1) is 11.6 Å². The summed E-state index contributed by atoms with van der Waals surface area (Å²) in [5.74, 6) is 0.351. The van der Waals surface area contributed by atoms with Crippen molar-refractivity contribution in [2.24, 2.45) is 4.99 Å². The van der Waals surface area contributed by atoms with Crippen LogP contribution >= 0.6 is 34.5 Å². The van der Waals surface area contributed by atoms with Crippen LogP contribution in [0.3, 0.4) is 0 Å². The van der Waals surface area contributed by atoms with E-state index in [-0.39, 0.29) is 11.6 Å². The van der Waals surface area contributed by atoms with Gasteiger partial charge in [-0.15, -0.1) is 11.3 Å². The summed E-state index contributed by atoms with van der Waals surface area (Å²) in [7, 11) is 0. The van der Waals surface area contributed by atoms with Gasteiger partial charge in [0, 0.05) is 20.7 Å². The van der Waals surface area contributed by atoms with E-state index in [0.29, 0.717) is 27.3 Å². The lowest BCUT2D eigenvalue weighted by atomic mass is 10.1. The fraction of sp³-hybridized carbons (Fsp3) is 0.100. The van der Waals surface area contributed by atoms with Crippen LogP contribution in [-0.2, 0) is 9.53 Å². The highest BCUT2D eigenvalue weighted by molar-refractivity contribution is 7.21. The van der Waals surface area contributed by atoms with E-state index in [1.807, 2.05) is 43.3 Å². The number of benzene rings is 2. The number of carbonyl (C=O) groups excluding carboxylic acids is 1. The molecule has 3 aromatic rings. The normalized spacial score (nSPS) is 15.3. The molecular formula is C20H13Cl2NO3S. The summed E-state index contributed by atoms with van der Waals surface area (Å²) >= 11 is 13.9. The number of thiophene rings is 1. The number of carbonyl (C=O) groups is 1. The summed E-state index contributed by atoms with van der Waals surface area (Å²) in [6.07, 6.45) is 1.65. The minimum absolute atomic E-state index is 0.197. The summed E-state index contributed by atoms with van der Waals surface area (Å²) < 4.78 is 11.9. The Morgan fingerprint density at radius 1 is 1.22 bits per heavy atom. The lowest BCUT2D eigenvalue weighted by molar-refractivity contribution is -0.129. The average molecular weight is 418 g/mol. The molecule has 2 aromatic carbocycles. The van der Waals surface area contributed by atoms with Gasteiger partial charge in [0.15, 0.2) is 5.70 Å². The highest BCUT2D eigenvalue weighted by Crippen LogP contribution is 2.38. The lowest BCUT2D eigenvalue weighted by Crippen LogP contribution is -2.04. The number of hydrogen-bond acceptors (Lipinski definition) is 5. The van der Waals surface area contributed by atoms with Crippen LogP contribution in [0.25, 0.3) is 16.2 Å². The second-order valence-electron chi connectivity index (χ2n) is 5.69. The Labute approximate surface area is 169 Å². The van der Waals surface area contributed by atoms with E-state index in [1.165, 1.54) is 11.3 Å². The summed E-state index contributed by atoms with van der Waals surface area (Å²) in [4.78, 5) is 17.3. The number of para-hydroxylation sites is 1. The maximum absolute atomic E-state index is 12.3. The first kappa shape index (κ1) is 18.0. The summed E-state index contributed by atoms with van der Waals surface area (Å²) in [5, 5.41) is 1.96. The zero-order valence-corrected chi connectivity index (χ0v) is 16.5. The predicted molar refractivity (Wildman–Crippen MR) is 110 cm³/mol. The van der Waals surface area contributed by atoms with Crippen molar-refractivity contribution in [1.29, 1.82) is 0 Å². The van der Waals surface area contributed by atoms with Crippen LogP contribution in [0.15, 0.2) is 53.2 Å². The van der Waals surface area contributed by atoms with Crippen LogP contribution in [0.2, 0.25) is 10.0 Å². The number of cyclic esters (lactones) is 1. The van der Waals surface area contributed by atoms with E-state index in [9.17, 15) is 4.79 Å². The van der Waals surface area contributed by atoms with Crippen molar-refractivity contribution in [3.05, 3.63) is 68.6 Å². The van der Waals surface area contributed by atoms with Crippen molar-refractivity contribution in [1.82, 2.24) is 0 Å². The van der Waals surface area contributed by atoms with E-state index in [2.05, 4.69) is 4.99 Å². The minimum atomic E-state index is -0.525. The third-order valence-corrected chi connectivity index (χ3v) is 5.80. The summed E-state index contributed by atoms with van der Waals surface area (Å²) in [6.45, 7) is 2.43. The predicted octanol–water partition coefficient (Wildman–Crippen LogP) is 5.95. The molecule has 1 aromatic heterocycles. The molecule has 0 saturated carbocycles. The molecule has 0 bridgehead atoms. The van der Waals surface area contributed by atoms with Gasteiger partial charge in [-0.3, -0.25) is 0 Å². The molecule has 7 heteroatoms. The van der Waals surface area contributed by atoms with Crippen LogP contribution < -0.4 is 4.74 Å². The van der Waals surface area contributed by atoms with Crippen molar-refractivity contribution < 1.29 is 14.3 Å². The van der Waals surface area contributed by atoms with Gasteiger partial charge in [-0.25, -0.2) is 9.79 Å². The fourth-order valence-electron chi connectivity index (χ4n) is 2.72. The number of hydrogen-bond donors (Lipinski definition) is 0. The molecule has 0 unspecified atom stereocenters. The van der Waals surface area contributed by atoms with E-state index < -0.39 is 5.97 Å². The highest BCUT2D eigenvalue weighted by atomic mass is 35.5. The first-order valence-electron chi connectivity index (χ1n) is 8.19. The molecule has 0 aliphatic carbocycles. The number of ether oxygens (including phenoxy) is 2. The van der Waals surface area contributed by atoms with Gasteiger partial charge in [0.1, 0.15) is 10.6 Å². The highest BCUT2D eigenvalue weighted by Gasteiger charge is 2.28. The van der Waals surface area contributed by atoms with E-state index in [0.717, 1.165) is 15.6 Å². The Morgan fingerprint density at radius 2 is 2.04 bits per heavy atom. The molecule has 0 saturated heterocycles. The van der Waals surface area contributed by atoms with Gasteiger partial charge < -0.3 is 9.47 Å². The van der Waals surface area contributed by atoms with Crippen LogP contribution in [0.4, 0.5) is 0 Å². The quantitative estimate of drug-likeness (QED) is 0.389. The number of esters is 1. The summed E-state index contributed by atoms with van der Waals surface area (Å²) in [6, 6.07) is 12.9. The lowest BCUT2D eigenvalue weighted by Gasteiger charge is -2.06. The molecule has 0 spiro atoms. The zero-order chi connectivity index (χ0) is 19.0. The molecule has 1 aliphatic rings. The van der Waals surface area contributed by atoms with Crippen molar-refractivity contribution in [3.63, 3.8) is 0 Å². The van der Waals surface area contributed by atoms with E-state index in [1.54, 1.807) is 12.1 Å². The topological polar surface area (TPSA) is 47.9 Å². The van der Waals surface area contributed by atoms with Crippen molar-refractivity contribution in [3.8, 4) is 5.75 Å². The molecule has 1 aliphatic heterocycles. The molecular weight excluding hydrogens is 405 g/mol. The largest absolute Gasteiger partial charge is 0.493 e. The van der Waals surface area contributed by atoms with Crippen molar-refractivity contribution in [2.75, 3.05) is 6.61 Å². The monoisotopic (exact) mass is 417 g/mol. The molecule has 27 heavy (non-hydrogen) atoms. The first-order chi connectivity index (χ1) is 13.1. The van der Waals surface area contributed by atoms with Gasteiger partial charge in [-0.2, -0.15) is 0 Å². The van der Waals surface area contributed by atoms with E-state index in [4.69, 9.17) is 32.7 Å². The molecule has 0 atom stereocenters. The van der Waals surface area contributed by atoms with Gasteiger partial charge in [-0.05, 0) is 31.2 Å². The Bertz CT molecular complexity index is 1120. The number of rotatable bonds is 4. The molecule has 2 heterocycles. The van der Waals surface area contributed by atoms with Crippen molar-refractivity contribution in [2.45, 2.75) is 6.92 Å². The standard InChI is InChI=1S/C20H13Cl2NO3S/c1-2-25-15-6-4-3-5-11(15)9-14-20(24)26-19(23-14)18-17(22)13-8-7-12(21)10-16(13)27-18/h3-10H,2H2,1H3/b14-9-. The van der Waals surface area contributed by atoms with E-state index >= 15 is 0 Å². The molecule has 136 valence electrons. The van der Waals surface area contributed by atoms with Gasteiger partial charge in [0.2, 0.25) is 5.90 Å². The van der Waals surface area contributed by atoms with Gasteiger partial charge >= 0.3 is 5.97 Å². The molecule has 4 nitrogen and oxygen atoms in total. The van der Waals surface area contributed by atoms with Crippen LogP contribution in [0.5, 0.6) is 5.75 Å². The molecule has 0 fully saturated rings. The number of aliphatic imine (C=N–C) groups is 1. The van der Waals surface area contributed by atoms with Crippen LogP contribution in [0, 0.1) is 0 Å². The number of nitrogens with zero attached hydrogens (tertiary/aromatic N) is 1. The first-order valence-corrected chi connectivity index (χ1v) is 9.76. The van der Waals surface area contributed by atoms with Crippen LogP contribution in [-0.4, -0.2) is 18.5 Å². The molecule has 4 rings (SSSR count). The minimum Gasteiger partial charge on any atom is -0.493 e. The zero-order valence-electron chi connectivity index (χ0n) is 14.2. The Kier molecular flexibility index (Phi) is 4.91. The van der Waals surface area contributed by atoms with Gasteiger partial charge in [0.25, 0.3) is 0 Å². The van der Waals surface area contributed by atoms with Gasteiger partial charge in [-0.1, -0.05) is 47.5 Å².